The van der Waals surface area contributed by atoms with Gasteiger partial charge in [-0.05, 0) is 48.0 Å². The number of hydrogen-bond acceptors (Lipinski definition) is 4. The minimum atomic E-state index is -0.628. The summed E-state index contributed by atoms with van der Waals surface area (Å²) >= 11 is 7.19. The van der Waals surface area contributed by atoms with Gasteiger partial charge in [-0.3, -0.25) is 14.2 Å². The Morgan fingerprint density at radius 2 is 1.64 bits per heavy atom. The molecule has 42 heavy (non-hydrogen) atoms. The van der Waals surface area contributed by atoms with Gasteiger partial charge < -0.3 is 9.88 Å². The van der Waals surface area contributed by atoms with E-state index < -0.39 is 5.91 Å². The SMILES string of the molecule is N#C/C(C(=O)Nc1cccc(Cl)c1)=c1\s/c(=C/c2cn(Cc3ccccc3)c3ccccc23)c(=O)n1-c1ccccc1. The topological polar surface area (TPSA) is 79.8 Å². The fourth-order valence-electron chi connectivity index (χ4n) is 4.86. The van der Waals surface area contributed by atoms with Crippen LogP contribution in [0, 0.1) is 11.3 Å². The number of carbonyl (C=O) groups is 1. The van der Waals surface area contributed by atoms with Crippen molar-refractivity contribution in [3.63, 3.8) is 0 Å². The predicted molar refractivity (Wildman–Crippen MR) is 169 cm³/mol. The number of hydrogen-bond donors (Lipinski definition) is 1. The molecule has 0 fully saturated rings. The molecule has 0 aliphatic carbocycles. The number of rotatable bonds is 6. The fraction of sp³-hybridized carbons (Fsp3) is 0.0294. The first-order valence-electron chi connectivity index (χ1n) is 13.1. The first-order chi connectivity index (χ1) is 20.5. The molecule has 0 spiro atoms. The van der Waals surface area contributed by atoms with Crippen LogP contribution in [0.2, 0.25) is 5.02 Å². The van der Waals surface area contributed by atoms with Gasteiger partial charge in [0.25, 0.3) is 11.5 Å². The first-order valence-corrected chi connectivity index (χ1v) is 14.3. The number of anilines is 1. The normalized spacial score (nSPS) is 12.2. The van der Waals surface area contributed by atoms with Gasteiger partial charge in [0.15, 0.2) is 5.57 Å². The molecule has 0 unspecified atom stereocenters. The van der Waals surface area contributed by atoms with E-state index >= 15 is 0 Å². The molecule has 6 rings (SSSR count). The van der Waals surface area contributed by atoms with Crippen LogP contribution in [-0.4, -0.2) is 15.0 Å². The Morgan fingerprint density at radius 1 is 0.929 bits per heavy atom. The van der Waals surface area contributed by atoms with E-state index in [9.17, 15) is 14.9 Å². The summed E-state index contributed by atoms with van der Waals surface area (Å²) < 4.78 is 4.23. The van der Waals surface area contributed by atoms with E-state index in [0.717, 1.165) is 33.4 Å². The average molecular weight is 587 g/mol. The average Bonchev–Trinajstić information content (AvgIpc) is 3.51. The summed E-state index contributed by atoms with van der Waals surface area (Å²) in [5.74, 6) is -0.628. The second kappa shape index (κ2) is 11.8. The van der Waals surface area contributed by atoms with Gasteiger partial charge in [0.1, 0.15) is 10.7 Å². The van der Waals surface area contributed by atoms with Gasteiger partial charge in [0.2, 0.25) is 0 Å². The molecule has 0 radical (unpaired) electrons. The lowest BCUT2D eigenvalue weighted by Crippen LogP contribution is -2.32. The standard InChI is InChI=1S/C34H23ClN4O2S/c35-25-12-9-13-26(19-25)37-32(40)29(20-36)34-39(27-14-5-2-6-15-27)33(41)31(42-34)18-24-22-38(21-23-10-3-1-4-11-23)30-17-8-7-16-28(24)30/h1-19,22H,21H2,(H,37,40)/b31-18+,34-29+. The lowest BCUT2D eigenvalue weighted by Gasteiger charge is -2.06. The minimum absolute atomic E-state index is 0.174. The zero-order valence-corrected chi connectivity index (χ0v) is 23.8. The molecule has 1 N–H and O–H groups in total. The van der Waals surface area contributed by atoms with Crippen molar-refractivity contribution < 1.29 is 4.79 Å². The van der Waals surface area contributed by atoms with Gasteiger partial charge in [-0.1, -0.05) is 84.4 Å². The minimum Gasteiger partial charge on any atom is -0.342 e. The third kappa shape index (κ3) is 5.41. The summed E-state index contributed by atoms with van der Waals surface area (Å²) in [6, 6.07) is 35.9. The monoisotopic (exact) mass is 586 g/mol. The third-order valence-electron chi connectivity index (χ3n) is 6.77. The number of fused-ring (bicyclic) bond motifs is 1. The summed E-state index contributed by atoms with van der Waals surface area (Å²) in [7, 11) is 0. The zero-order valence-electron chi connectivity index (χ0n) is 22.2. The van der Waals surface area contributed by atoms with Gasteiger partial charge in [0.05, 0.1) is 10.2 Å². The third-order valence-corrected chi connectivity index (χ3v) is 8.10. The van der Waals surface area contributed by atoms with Crippen LogP contribution in [0.5, 0.6) is 0 Å². The Labute approximate surface area is 250 Å². The van der Waals surface area contributed by atoms with Crippen LogP contribution in [0.25, 0.3) is 28.2 Å². The van der Waals surface area contributed by atoms with Gasteiger partial charge >= 0.3 is 0 Å². The lowest BCUT2D eigenvalue weighted by molar-refractivity contribution is -0.111. The van der Waals surface area contributed by atoms with Gasteiger partial charge in [-0.15, -0.1) is 11.3 Å². The van der Waals surface area contributed by atoms with E-state index in [-0.39, 0.29) is 15.8 Å². The number of thiazole rings is 1. The predicted octanol–water partition coefficient (Wildman–Crippen LogP) is 5.70. The van der Waals surface area contributed by atoms with Crippen LogP contribution in [0.1, 0.15) is 11.1 Å². The lowest BCUT2D eigenvalue weighted by atomic mass is 10.2. The number of nitrogens with zero attached hydrogens (tertiary/aromatic N) is 3. The van der Waals surface area contributed by atoms with Crippen LogP contribution >= 0.6 is 22.9 Å². The summed E-state index contributed by atoms with van der Waals surface area (Å²) in [5, 5.41) is 14.3. The zero-order chi connectivity index (χ0) is 29.1. The molecule has 8 heteroatoms. The number of nitriles is 1. The Hall–Kier alpha value is -5.16. The van der Waals surface area contributed by atoms with E-state index in [0.29, 0.717) is 27.5 Å². The van der Waals surface area contributed by atoms with Crippen LogP contribution < -0.4 is 20.1 Å². The first kappa shape index (κ1) is 27.0. The van der Waals surface area contributed by atoms with Crippen molar-refractivity contribution in [2.24, 2.45) is 0 Å². The number of amides is 1. The van der Waals surface area contributed by atoms with E-state index in [4.69, 9.17) is 11.6 Å². The summed E-state index contributed by atoms with van der Waals surface area (Å²) in [6.45, 7) is 0.676. The second-order valence-electron chi connectivity index (χ2n) is 9.56. The highest BCUT2D eigenvalue weighted by molar-refractivity contribution is 7.07. The maximum absolute atomic E-state index is 13.9. The van der Waals surface area contributed by atoms with Crippen molar-refractivity contribution in [3.8, 4) is 11.8 Å². The smallest absolute Gasteiger partial charge is 0.273 e. The van der Waals surface area contributed by atoms with Crippen molar-refractivity contribution in [2.45, 2.75) is 6.54 Å². The quantitative estimate of drug-likeness (QED) is 0.272. The van der Waals surface area contributed by atoms with Crippen molar-refractivity contribution in [1.82, 2.24) is 9.13 Å². The van der Waals surface area contributed by atoms with Crippen LogP contribution in [0.4, 0.5) is 5.69 Å². The van der Waals surface area contributed by atoms with Gasteiger partial charge in [0, 0.05) is 39.9 Å². The highest BCUT2D eigenvalue weighted by Gasteiger charge is 2.18. The molecule has 2 heterocycles. The Kier molecular flexibility index (Phi) is 7.56. The molecule has 0 aliphatic rings. The molecular formula is C34H23ClN4O2S. The summed E-state index contributed by atoms with van der Waals surface area (Å²) in [6.07, 6.45) is 3.87. The number of carbonyl (C=O) groups excluding carboxylic acids is 1. The van der Waals surface area contributed by atoms with Crippen molar-refractivity contribution in [2.75, 3.05) is 5.32 Å². The van der Waals surface area contributed by atoms with E-state index in [1.165, 1.54) is 4.57 Å². The maximum atomic E-state index is 13.9. The molecule has 0 atom stereocenters. The van der Waals surface area contributed by atoms with Gasteiger partial charge in [-0.2, -0.15) is 5.26 Å². The number of aromatic nitrogens is 2. The number of nitrogens with one attached hydrogen (secondary N) is 1. The largest absolute Gasteiger partial charge is 0.342 e. The highest BCUT2D eigenvalue weighted by atomic mass is 35.5. The Balaban J connectivity index is 1.54. The Morgan fingerprint density at radius 3 is 2.38 bits per heavy atom. The molecule has 2 aromatic heterocycles. The highest BCUT2D eigenvalue weighted by Crippen LogP contribution is 2.23. The van der Waals surface area contributed by atoms with E-state index in [2.05, 4.69) is 28.1 Å². The van der Waals surface area contributed by atoms with Crippen LogP contribution in [-0.2, 0) is 11.3 Å². The number of para-hydroxylation sites is 2. The molecule has 6 aromatic rings. The fourth-order valence-corrected chi connectivity index (χ4v) is 6.14. The summed E-state index contributed by atoms with van der Waals surface area (Å²) in [5.41, 5.74) is 3.59. The number of benzene rings is 4. The van der Waals surface area contributed by atoms with Crippen molar-refractivity contribution >= 4 is 57.1 Å². The summed E-state index contributed by atoms with van der Waals surface area (Å²) in [4.78, 5) is 27.3. The van der Waals surface area contributed by atoms with Crippen molar-refractivity contribution in [1.29, 1.82) is 5.26 Å². The molecule has 204 valence electrons. The molecule has 0 saturated heterocycles. The van der Waals surface area contributed by atoms with Crippen LogP contribution in [0.3, 0.4) is 0 Å². The maximum Gasteiger partial charge on any atom is 0.273 e. The second-order valence-corrected chi connectivity index (χ2v) is 11.0. The molecule has 0 bridgehead atoms. The molecule has 0 aliphatic heterocycles. The number of halogens is 1. The van der Waals surface area contributed by atoms with E-state index in [1.54, 1.807) is 36.4 Å². The molecule has 0 saturated carbocycles. The molecular weight excluding hydrogens is 564 g/mol. The van der Waals surface area contributed by atoms with E-state index in [1.807, 2.05) is 72.9 Å². The van der Waals surface area contributed by atoms with Crippen LogP contribution in [0.15, 0.2) is 120 Å². The molecule has 4 aromatic carbocycles. The molecule has 1 amide bonds. The molecule has 6 nitrogen and oxygen atoms in total. The van der Waals surface area contributed by atoms with Crippen molar-refractivity contribution in [3.05, 3.63) is 151 Å². The van der Waals surface area contributed by atoms with Gasteiger partial charge in [-0.25, -0.2) is 0 Å². The Bertz CT molecular complexity index is 2160.